The highest BCUT2D eigenvalue weighted by Gasteiger charge is 2.08. The van der Waals surface area contributed by atoms with Crippen molar-refractivity contribution in [1.29, 1.82) is 0 Å². The summed E-state index contributed by atoms with van der Waals surface area (Å²) in [7, 11) is 1.83. The van der Waals surface area contributed by atoms with Crippen LogP contribution in [0.25, 0.3) is 11.1 Å². The Balaban J connectivity index is 1.70. The van der Waals surface area contributed by atoms with E-state index in [9.17, 15) is 4.79 Å². The van der Waals surface area contributed by atoms with Gasteiger partial charge in [0, 0.05) is 18.0 Å². The molecule has 0 aliphatic carbocycles. The second-order valence-electron chi connectivity index (χ2n) is 5.02. The van der Waals surface area contributed by atoms with Crippen LogP contribution >= 0.6 is 11.3 Å². The predicted octanol–water partition coefficient (Wildman–Crippen LogP) is 3.78. The van der Waals surface area contributed by atoms with Crippen LogP contribution < -0.4 is 10.6 Å². The first-order valence-electron chi connectivity index (χ1n) is 7.32. The van der Waals surface area contributed by atoms with Gasteiger partial charge in [-0.3, -0.25) is 4.79 Å². The van der Waals surface area contributed by atoms with Crippen molar-refractivity contribution in [1.82, 2.24) is 10.3 Å². The molecule has 1 aromatic heterocycles. The number of rotatable bonds is 5. The monoisotopic (exact) mass is 323 g/mol. The molecule has 1 heterocycles. The summed E-state index contributed by atoms with van der Waals surface area (Å²) in [6.45, 7) is 0.423. The largest absolute Gasteiger partial charge is 0.365 e. The highest BCUT2D eigenvalue weighted by atomic mass is 32.1. The maximum atomic E-state index is 12.3. The van der Waals surface area contributed by atoms with Gasteiger partial charge in [0.25, 0.3) is 5.91 Å². The van der Waals surface area contributed by atoms with Crippen LogP contribution in [0.4, 0.5) is 5.13 Å². The number of nitrogens with one attached hydrogen (secondary N) is 2. The molecule has 0 radical (unpaired) electrons. The molecule has 3 aromatic rings. The average Bonchev–Trinajstić information content (AvgIpc) is 3.09. The fourth-order valence-corrected chi connectivity index (χ4v) is 2.92. The maximum Gasteiger partial charge on any atom is 0.251 e. The number of aromatic nitrogens is 1. The Bertz CT molecular complexity index is 799. The number of nitrogens with zero attached hydrogens (tertiary/aromatic N) is 1. The molecular weight excluding hydrogens is 306 g/mol. The lowest BCUT2D eigenvalue weighted by Crippen LogP contribution is -2.22. The third-order valence-electron chi connectivity index (χ3n) is 3.43. The summed E-state index contributed by atoms with van der Waals surface area (Å²) >= 11 is 1.52. The van der Waals surface area contributed by atoms with Crippen molar-refractivity contribution in [3.8, 4) is 11.1 Å². The molecule has 3 rings (SSSR count). The van der Waals surface area contributed by atoms with Crippen molar-refractivity contribution in [2.24, 2.45) is 0 Å². The van der Waals surface area contributed by atoms with Gasteiger partial charge >= 0.3 is 0 Å². The Morgan fingerprint density at radius 3 is 2.61 bits per heavy atom. The summed E-state index contributed by atoms with van der Waals surface area (Å²) in [5.41, 5.74) is 3.63. The average molecular weight is 323 g/mol. The number of benzene rings is 2. The van der Waals surface area contributed by atoms with E-state index in [1.54, 1.807) is 0 Å². The zero-order valence-electron chi connectivity index (χ0n) is 12.7. The van der Waals surface area contributed by atoms with Crippen LogP contribution in [0.2, 0.25) is 0 Å². The number of hydrogen-bond acceptors (Lipinski definition) is 4. The van der Waals surface area contributed by atoms with Gasteiger partial charge in [-0.15, -0.1) is 11.3 Å². The first kappa shape index (κ1) is 15.2. The van der Waals surface area contributed by atoms with Crippen LogP contribution in [0.1, 0.15) is 16.1 Å². The molecule has 5 heteroatoms. The number of anilines is 1. The highest BCUT2D eigenvalue weighted by molar-refractivity contribution is 7.13. The molecule has 0 aliphatic rings. The fraction of sp³-hybridized carbons (Fsp3) is 0.111. The van der Waals surface area contributed by atoms with Crippen LogP contribution in [0, 0.1) is 0 Å². The molecule has 0 spiro atoms. The Hall–Kier alpha value is -2.66. The van der Waals surface area contributed by atoms with Crippen molar-refractivity contribution >= 4 is 22.4 Å². The Labute approximate surface area is 139 Å². The van der Waals surface area contributed by atoms with Gasteiger partial charge in [-0.1, -0.05) is 42.5 Å². The van der Waals surface area contributed by atoms with Gasteiger partial charge in [0.1, 0.15) is 0 Å². The lowest BCUT2D eigenvalue weighted by atomic mass is 10.0. The summed E-state index contributed by atoms with van der Waals surface area (Å²) in [5, 5.41) is 8.68. The van der Waals surface area contributed by atoms with E-state index in [4.69, 9.17) is 0 Å². The fourth-order valence-electron chi connectivity index (χ4n) is 2.25. The normalized spacial score (nSPS) is 10.3. The van der Waals surface area contributed by atoms with E-state index >= 15 is 0 Å². The van der Waals surface area contributed by atoms with Crippen LogP contribution in [-0.4, -0.2) is 17.9 Å². The molecule has 0 saturated heterocycles. The molecule has 4 nitrogen and oxygen atoms in total. The summed E-state index contributed by atoms with van der Waals surface area (Å²) < 4.78 is 0. The zero-order valence-corrected chi connectivity index (χ0v) is 13.6. The Morgan fingerprint density at radius 1 is 1.09 bits per heavy atom. The van der Waals surface area contributed by atoms with E-state index < -0.39 is 0 Å². The first-order valence-corrected chi connectivity index (χ1v) is 8.20. The lowest BCUT2D eigenvalue weighted by Gasteiger charge is -2.06. The van der Waals surface area contributed by atoms with Crippen LogP contribution in [0.5, 0.6) is 0 Å². The van der Waals surface area contributed by atoms with Gasteiger partial charge in [0.2, 0.25) is 0 Å². The van der Waals surface area contributed by atoms with Gasteiger partial charge in [-0.05, 0) is 23.3 Å². The van der Waals surface area contributed by atoms with Crippen LogP contribution in [0.15, 0.2) is 60.0 Å². The summed E-state index contributed by atoms with van der Waals surface area (Å²) in [5.74, 6) is -0.0956. The molecule has 0 aliphatic heterocycles. The summed E-state index contributed by atoms with van der Waals surface area (Å²) in [6.07, 6.45) is 0. The van der Waals surface area contributed by atoms with Crippen molar-refractivity contribution in [2.75, 3.05) is 12.4 Å². The second-order valence-corrected chi connectivity index (χ2v) is 5.88. The third-order valence-corrected chi connectivity index (χ3v) is 4.34. The van der Waals surface area contributed by atoms with Gasteiger partial charge in [-0.2, -0.15) is 0 Å². The second kappa shape index (κ2) is 7.07. The van der Waals surface area contributed by atoms with Crippen molar-refractivity contribution in [3.05, 3.63) is 71.2 Å². The molecule has 116 valence electrons. The molecular formula is C18H17N3OS. The minimum Gasteiger partial charge on any atom is -0.365 e. The van der Waals surface area contributed by atoms with Crippen molar-refractivity contribution in [3.63, 3.8) is 0 Å². The predicted molar refractivity (Wildman–Crippen MR) is 94.7 cm³/mol. The van der Waals surface area contributed by atoms with E-state index in [1.165, 1.54) is 11.3 Å². The van der Waals surface area contributed by atoms with Crippen LogP contribution in [0.3, 0.4) is 0 Å². The Kier molecular flexibility index (Phi) is 4.68. The lowest BCUT2D eigenvalue weighted by molar-refractivity contribution is 0.0950. The standard InChI is InChI=1S/C18H17N3OS/c1-19-18-21-16(12-23-18)11-20-17(22)15-9-5-8-14(10-15)13-6-3-2-4-7-13/h2-10,12H,11H2,1H3,(H,19,21)(H,20,22). The minimum absolute atomic E-state index is 0.0956. The smallest absolute Gasteiger partial charge is 0.251 e. The van der Waals surface area contributed by atoms with E-state index in [0.717, 1.165) is 22.0 Å². The zero-order chi connectivity index (χ0) is 16.1. The number of amides is 1. The van der Waals surface area contributed by atoms with Gasteiger partial charge in [0.05, 0.1) is 12.2 Å². The summed E-state index contributed by atoms with van der Waals surface area (Å²) in [4.78, 5) is 16.7. The SMILES string of the molecule is CNc1nc(CNC(=O)c2cccc(-c3ccccc3)c2)cs1. The molecule has 2 aromatic carbocycles. The Morgan fingerprint density at radius 2 is 1.87 bits per heavy atom. The van der Waals surface area contributed by atoms with Crippen molar-refractivity contribution < 1.29 is 4.79 Å². The van der Waals surface area contributed by atoms with Crippen LogP contribution in [-0.2, 0) is 6.54 Å². The molecule has 0 bridgehead atoms. The topological polar surface area (TPSA) is 54.0 Å². The van der Waals surface area contributed by atoms with Gasteiger partial charge in [0.15, 0.2) is 5.13 Å². The quantitative estimate of drug-likeness (QED) is 0.751. The maximum absolute atomic E-state index is 12.3. The molecule has 0 atom stereocenters. The van der Waals surface area contributed by atoms with E-state index in [1.807, 2.05) is 67.0 Å². The number of thiazole rings is 1. The molecule has 23 heavy (non-hydrogen) atoms. The van der Waals surface area contributed by atoms with E-state index in [-0.39, 0.29) is 5.91 Å². The molecule has 0 fully saturated rings. The third kappa shape index (κ3) is 3.76. The van der Waals surface area contributed by atoms with E-state index in [0.29, 0.717) is 12.1 Å². The molecule has 0 unspecified atom stereocenters. The number of hydrogen-bond donors (Lipinski definition) is 2. The van der Waals surface area contributed by atoms with Crippen molar-refractivity contribution in [2.45, 2.75) is 6.54 Å². The van der Waals surface area contributed by atoms with Gasteiger partial charge in [-0.25, -0.2) is 4.98 Å². The molecule has 0 saturated carbocycles. The summed E-state index contributed by atoms with van der Waals surface area (Å²) in [6, 6.07) is 17.7. The number of carbonyl (C=O) groups is 1. The first-order chi connectivity index (χ1) is 11.3. The number of carbonyl (C=O) groups excluding carboxylic acids is 1. The minimum atomic E-state index is -0.0956. The molecule has 1 amide bonds. The molecule has 2 N–H and O–H groups in total. The highest BCUT2D eigenvalue weighted by Crippen LogP contribution is 2.20. The van der Waals surface area contributed by atoms with Gasteiger partial charge < -0.3 is 10.6 Å². The van der Waals surface area contributed by atoms with E-state index in [2.05, 4.69) is 15.6 Å².